The van der Waals surface area contributed by atoms with Crippen LogP contribution in [0.1, 0.15) is 26.3 Å². The van der Waals surface area contributed by atoms with Crippen LogP contribution in [-0.2, 0) is 6.61 Å². The lowest BCUT2D eigenvalue weighted by molar-refractivity contribution is 0.0880. The maximum absolute atomic E-state index is 14.7. The van der Waals surface area contributed by atoms with Crippen molar-refractivity contribution < 1.29 is 18.7 Å². The number of hydrogen-bond donors (Lipinski definition) is 2. The summed E-state index contributed by atoms with van der Waals surface area (Å²) in [6.07, 6.45) is 0. The molecule has 0 unspecified atom stereocenters. The molecular formula is C20H13BrFN3O4. The first kappa shape index (κ1) is 18.9. The molecule has 0 aliphatic carbocycles. The number of pyridine rings is 1. The van der Waals surface area contributed by atoms with E-state index < -0.39 is 23.2 Å². The number of hydrogen-bond acceptors (Lipinski definition) is 5. The second-order valence-electron chi connectivity index (χ2n) is 6.29. The Labute approximate surface area is 172 Å². The summed E-state index contributed by atoms with van der Waals surface area (Å²) in [4.78, 5) is 36.2. The Bertz CT molecular complexity index is 1200. The number of benzene rings is 2. The van der Waals surface area contributed by atoms with Crippen LogP contribution in [0.3, 0.4) is 0 Å². The Kier molecular flexibility index (Phi) is 4.67. The predicted octanol–water partition coefficient (Wildman–Crippen LogP) is 2.78. The standard InChI is InChI=1S/C20H13BrFN3O4/c21-13-6-11(7-14(22)17(13)29-9-10-4-2-1-3-5-10)25-15(26)8-12-16(18(25)23)20(28)24-19(12)27/h1-8H,9,23H2,(H,24,27,28). The van der Waals surface area contributed by atoms with E-state index in [-0.39, 0.29) is 39.5 Å². The molecule has 29 heavy (non-hydrogen) atoms. The molecule has 4 rings (SSSR count). The monoisotopic (exact) mass is 457 g/mol. The number of rotatable bonds is 4. The Hall–Kier alpha value is -3.46. The van der Waals surface area contributed by atoms with Crippen LogP contribution in [0.25, 0.3) is 5.69 Å². The van der Waals surface area contributed by atoms with E-state index >= 15 is 0 Å². The predicted molar refractivity (Wildman–Crippen MR) is 107 cm³/mol. The maximum Gasteiger partial charge on any atom is 0.262 e. The van der Waals surface area contributed by atoms with Crippen molar-refractivity contribution in [1.29, 1.82) is 0 Å². The molecule has 0 saturated heterocycles. The van der Waals surface area contributed by atoms with E-state index in [9.17, 15) is 18.8 Å². The van der Waals surface area contributed by atoms with E-state index in [0.29, 0.717) is 0 Å². The number of nitrogens with one attached hydrogen (secondary N) is 1. The topological polar surface area (TPSA) is 103 Å². The van der Waals surface area contributed by atoms with Crippen LogP contribution >= 0.6 is 15.9 Å². The summed E-state index contributed by atoms with van der Waals surface area (Å²) in [6, 6.07) is 12.8. The molecule has 0 atom stereocenters. The minimum absolute atomic E-state index is 0.0293. The van der Waals surface area contributed by atoms with Crippen LogP contribution in [0.2, 0.25) is 0 Å². The first-order valence-electron chi connectivity index (χ1n) is 8.44. The first-order valence-corrected chi connectivity index (χ1v) is 9.23. The molecule has 2 aromatic carbocycles. The van der Waals surface area contributed by atoms with Gasteiger partial charge in [-0.25, -0.2) is 4.39 Å². The number of anilines is 1. The summed E-state index contributed by atoms with van der Waals surface area (Å²) >= 11 is 3.25. The molecule has 3 N–H and O–H groups in total. The number of carbonyl (C=O) groups is 2. The van der Waals surface area contributed by atoms with Crippen LogP contribution < -0.4 is 21.3 Å². The molecule has 146 valence electrons. The fourth-order valence-electron chi connectivity index (χ4n) is 3.09. The molecule has 0 fully saturated rings. The van der Waals surface area contributed by atoms with Crippen LogP contribution in [0.15, 0.2) is 57.8 Å². The van der Waals surface area contributed by atoms with E-state index in [1.807, 2.05) is 30.3 Å². The van der Waals surface area contributed by atoms with Crippen LogP contribution in [0.5, 0.6) is 5.75 Å². The average molecular weight is 458 g/mol. The van der Waals surface area contributed by atoms with Gasteiger partial charge in [0, 0.05) is 12.1 Å². The Morgan fingerprint density at radius 3 is 2.48 bits per heavy atom. The summed E-state index contributed by atoms with van der Waals surface area (Å²) in [5, 5.41) is 2.08. The van der Waals surface area contributed by atoms with Gasteiger partial charge >= 0.3 is 0 Å². The van der Waals surface area contributed by atoms with Gasteiger partial charge in [-0.2, -0.15) is 0 Å². The van der Waals surface area contributed by atoms with Gasteiger partial charge in [0.2, 0.25) is 0 Å². The average Bonchev–Trinajstić information content (AvgIpc) is 2.95. The highest BCUT2D eigenvalue weighted by molar-refractivity contribution is 9.10. The number of halogens is 2. The second-order valence-corrected chi connectivity index (χ2v) is 7.14. The van der Waals surface area contributed by atoms with Crippen molar-refractivity contribution in [3.8, 4) is 11.4 Å². The zero-order valence-electron chi connectivity index (χ0n) is 14.7. The van der Waals surface area contributed by atoms with Crippen LogP contribution in [0.4, 0.5) is 10.2 Å². The van der Waals surface area contributed by atoms with Crippen molar-refractivity contribution >= 4 is 33.6 Å². The quantitative estimate of drug-likeness (QED) is 0.586. The molecule has 1 aliphatic rings. The highest BCUT2D eigenvalue weighted by Gasteiger charge is 2.32. The summed E-state index contributed by atoms with van der Waals surface area (Å²) in [6.45, 7) is 0.152. The minimum Gasteiger partial charge on any atom is -0.485 e. The van der Waals surface area contributed by atoms with Gasteiger partial charge in [-0.1, -0.05) is 30.3 Å². The number of ether oxygens (including phenoxy) is 1. The van der Waals surface area contributed by atoms with Crippen molar-refractivity contribution in [2.75, 3.05) is 5.73 Å². The zero-order chi connectivity index (χ0) is 20.7. The molecule has 2 amide bonds. The number of nitrogens with zero attached hydrogens (tertiary/aromatic N) is 1. The second kappa shape index (κ2) is 7.17. The third-order valence-corrected chi connectivity index (χ3v) is 5.01. The van der Waals surface area contributed by atoms with Gasteiger partial charge in [0.1, 0.15) is 12.4 Å². The third-order valence-electron chi connectivity index (χ3n) is 4.42. The largest absolute Gasteiger partial charge is 0.485 e. The van der Waals surface area contributed by atoms with E-state index in [0.717, 1.165) is 22.3 Å². The molecule has 3 aromatic rings. The normalized spacial score (nSPS) is 12.6. The van der Waals surface area contributed by atoms with E-state index in [1.165, 1.54) is 6.07 Å². The highest BCUT2D eigenvalue weighted by Crippen LogP contribution is 2.33. The van der Waals surface area contributed by atoms with Crippen molar-refractivity contribution in [2.45, 2.75) is 6.61 Å². The van der Waals surface area contributed by atoms with Gasteiger partial charge in [-0.05, 0) is 27.6 Å². The number of fused-ring (bicyclic) bond motifs is 1. The SMILES string of the molecule is Nc1c2c(cc(=O)n1-c1cc(F)c(OCc3ccccc3)c(Br)c1)C(=O)NC2=O. The molecule has 1 aromatic heterocycles. The van der Waals surface area contributed by atoms with Crippen molar-refractivity contribution in [3.63, 3.8) is 0 Å². The number of carbonyl (C=O) groups excluding carboxylic acids is 2. The van der Waals surface area contributed by atoms with Gasteiger partial charge in [-0.15, -0.1) is 0 Å². The highest BCUT2D eigenvalue weighted by atomic mass is 79.9. The Balaban J connectivity index is 1.74. The van der Waals surface area contributed by atoms with Gasteiger partial charge in [0.05, 0.1) is 21.3 Å². The molecular weight excluding hydrogens is 445 g/mol. The molecule has 2 heterocycles. The lowest BCUT2D eigenvalue weighted by atomic mass is 10.1. The van der Waals surface area contributed by atoms with Crippen LogP contribution in [-0.4, -0.2) is 16.4 Å². The fourth-order valence-corrected chi connectivity index (χ4v) is 3.63. The zero-order valence-corrected chi connectivity index (χ0v) is 16.3. The van der Waals surface area contributed by atoms with Crippen LogP contribution in [0, 0.1) is 5.82 Å². The number of aromatic nitrogens is 1. The number of nitrogen functional groups attached to an aromatic ring is 1. The summed E-state index contributed by atoms with van der Waals surface area (Å²) < 4.78 is 21.5. The molecule has 0 radical (unpaired) electrons. The smallest absolute Gasteiger partial charge is 0.262 e. The third kappa shape index (κ3) is 3.29. The first-order chi connectivity index (χ1) is 13.9. The van der Waals surface area contributed by atoms with Crippen molar-refractivity contribution in [2.24, 2.45) is 0 Å². The number of imide groups is 1. The minimum atomic E-state index is -0.724. The van der Waals surface area contributed by atoms with Crippen molar-refractivity contribution in [1.82, 2.24) is 9.88 Å². The molecule has 9 heteroatoms. The summed E-state index contributed by atoms with van der Waals surface area (Å²) in [7, 11) is 0. The van der Waals surface area contributed by atoms with E-state index in [4.69, 9.17) is 10.5 Å². The molecule has 1 aliphatic heterocycles. The Morgan fingerprint density at radius 2 is 1.79 bits per heavy atom. The van der Waals surface area contributed by atoms with Gasteiger partial charge in [-0.3, -0.25) is 24.3 Å². The van der Waals surface area contributed by atoms with Gasteiger partial charge in [0.25, 0.3) is 17.4 Å². The summed E-state index contributed by atoms with van der Waals surface area (Å²) in [5.41, 5.74) is 6.03. The lowest BCUT2D eigenvalue weighted by Gasteiger charge is -2.15. The molecule has 0 bridgehead atoms. The number of amides is 2. The fraction of sp³-hybridized carbons (Fsp3) is 0.0500. The molecule has 0 spiro atoms. The summed E-state index contributed by atoms with van der Waals surface area (Å²) in [5.74, 6) is -2.41. The lowest BCUT2D eigenvalue weighted by Crippen LogP contribution is -2.24. The molecule has 0 saturated carbocycles. The van der Waals surface area contributed by atoms with Crippen molar-refractivity contribution in [3.05, 3.63) is 85.9 Å². The van der Waals surface area contributed by atoms with E-state index in [2.05, 4.69) is 21.2 Å². The van der Waals surface area contributed by atoms with Gasteiger partial charge in [0.15, 0.2) is 11.6 Å². The molecule has 7 nitrogen and oxygen atoms in total. The van der Waals surface area contributed by atoms with Gasteiger partial charge < -0.3 is 10.5 Å². The number of nitrogens with two attached hydrogens (primary N) is 1. The Morgan fingerprint density at radius 1 is 1.07 bits per heavy atom. The van der Waals surface area contributed by atoms with E-state index in [1.54, 1.807) is 0 Å². The maximum atomic E-state index is 14.7.